The van der Waals surface area contributed by atoms with Crippen molar-refractivity contribution >= 4 is 28.4 Å². The molecule has 41 heavy (non-hydrogen) atoms. The highest BCUT2D eigenvalue weighted by Gasteiger charge is 2.55. The van der Waals surface area contributed by atoms with Crippen LogP contribution in [0.25, 0.3) is 10.8 Å². The highest BCUT2D eigenvalue weighted by atomic mass is 19.4. The van der Waals surface area contributed by atoms with E-state index in [1.54, 1.807) is 31.2 Å². The summed E-state index contributed by atoms with van der Waals surface area (Å²) >= 11 is 0. The van der Waals surface area contributed by atoms with Gasteiger partial charge in [0.1, 0.15) is 0 Å². The van der Waals surface area contributed by atoms with Crippen LogP contribution in [0, 0.1) is 11.8 Å². The molecule has 1 unspecified atom stereocenters. The normalized spacial score (nSPS) is 16.6. The Morgan fingerprint density at radius 2 is 1.71 bits per heavy atom. The van der Waals surface area contributed by atoms with Crippen LogP contribution in [0.1, 0.15) is 43.0 Å². The van der Waals surface area contributed by atoms with Crippen molar-refractivity contribution < 1.29 is 27.9 Å². The van der Waals surface area contributed by atoms with Crippen molar-refractivity contribution in [3.05, 3.63) is 76.9 Å². The number of nitrogens with two attached hydrogens (primary N) is 1. The van der Waals surface area contributed by atoms with Crippen LogP contribution in [-0.2, 0) is 16.6 Å². The molecular formula is C31H33F3N4O3. The number of fused-ring (bicyclic) bond motifs is 2. The van der Waals surface area contributed by atoms with Crippen LogP contribution in [0.4, 0.5) is 23.7 Å². The van der Waals surface area contributed by atoms with Crippen LogP contribution < -0.4 is 10.6 Å². The van der Waals surface area contributed by atoms with E-state index in [4.69, 9.17) is 5.73 Å². The number of aliphatic hydroxyl groups is 1. The fourth-order valence-electron chi connectivity index (χ4n) is 5.20. The maximum absolute atomic E-state index is 14.7. The zero-order valence-corrected chi connectivity index (χ0v) is 23.3. The van der Waals surface area contributed by atoms with Gasteiger partial charge in [0.25, 0.3) is 5.91 Å². The molecule has 0 saturated carbocycles. The summed E-state index contributed by atoms with van der Waals surface area (Å²) in [5.41, 5.74) is 1.10. The Morgan fingerprint density at radius 3 is 2.32 bits per heavy atom. The van der Waals surface area contributed by atoms with Crippen LogP contribution in [0.5, 0.6) is 0 Å². The predicted molar refractivity (Wildman–Crippen MR) is 152 cm³/mol. The molecule has 10 heteroatoms. The van der Waals surface area contributed by atoms with Crippen molar-refractivity contribution in [2.24, 2.45) is 5.73 Å². The van der Waals surface area contributed by atoms with Crippen molar-refractivity contribution in [1.82, 2.24) is 9.80 Å². The van der Waals surface area contributed by atoms with Crippen molar-refractivity contribution in [3.8, 4) is 11.8 Å². The monoisotopic (exact) mass is 566 g/mol. The number of anilines is 1. The minimum absolute atomic E-state index is 0.000000821. The quantitative estimate of drug-likeness (QED) is 0.392. The molecule has 0 saturated heterocycles. The van der Waals surface area contributed by atoms with Gasteiger partial charge >= 0.3 is 12.2 Å². The van der Waals surface area contributed by atoms with Gasteiger partial charge in [-0.15, -0.1) is 0 Å². The molecule has 7 nitrogen and oxygen atoms in total. The van der Waals surface area contributed by atoms with E-state index in [0.717, 1.165) is 11.5 Å². The molecule has 3 N–H and O–H groups in total. The Kier molecular flexibility index (Phi) is 8.61. The molecule has 4 rings (SSSR count). The SMILES string of the molecule is CCN(CC)CCN1C(=O)C(O)(c2ccc3ccccc3c2)c2c1cc(C#CCN(CC)C(N)=O)cc2C(F)(F)F. The molecular weight excluding hydrogens is 533 g/mol. The summed E-state index contributed by atoms with van der Waals surface area (Å²) in [6, 6.07) is 13.5. The van der Waals surface area contributed by atoms with E-state index in [1.807, 2.05) is 30.9 Å². The van der Waals surface area contributed by atoms with Gasteiger partial charge in [0.15, 0.2) is 5.60 Å². The van der Waals surface area contributed by atoms with Gasteiger partial charge in [-0.2, -0.15) is 13.2 Å². The number of alkyl halides is 3. The number of nitrogens with zero attached hydrogens (tertiary/aromatic N) is 3. The number of primary amides is 1. The zero-order chi connectivity index (χ0) is 29.9. The second kappa shape index (κ2) is 11.8. The van der Waals surface area contributed by atoms with Crippen molar-refractivity contribution in [2.75, 3.05) is 44.2 Å². The lowest BCUT2D eigenvalue weighted by Gasteiger charge is -2.26. The van der Waals surface area contributed by atoms with Crippen LogP contribution in [0.3, 0.4) is 0 Å². The van der Waals surface area contributed by atoms with Crippen molar-refractivity contribution in [3.63, 3.8) is 0 Å². The number of likely N-dealkylation sites (N-methyl/N-ethyl adjacent to an activating group) is 1. The van der Waals surface area contributed by atoms with Gasteiger partial charge < -0.3 is 25.5 Å². The Balaban J connectivity index is 1.92. The lowest BCUT2D eigenvalue weighted by molar-refractivity contribution is -0.142. The average molecular weight is 567 g/mol. The van der Waals surface area contributed by atoms with Gasteiger partial charge in [-0.25, -0.2) is 4.79 Å². The Morgan fingerprint density at radius 1 is 1.02 bits per heavy atom. The van der Waals surface area contributed by atoms with Crippen molar-refractivity contribution in [2.45, 2.75) is 32.5 Å². The molecule has 1 heterocycles. The molecule has 1 aliphatic rings. The molecule has 0 radical (unpaired) electrons. The first kappa shape index (κ1) is 29.9. The Hall–Kier alpha value is -4.07. The molecule has 3 aromatic carbocycles. The highest BCUT2D eigenvalue weighted by molar-refractivity contribution is 6.10. The predicted octanol–water partition coefficient (Wildman–Crippen LogP) is 4.54. The van der Waals surface area contributed by atoms with E-state index in [0.29, 0.717) is 25.0 Å². The standard InChI is InChI=1S/C31H33F3N4O3/c1-4-36(5-2)16-17-38-26-19-21(10-9-15-37(6-3)29(35)40)18-25(31(32,33)34)27(26)30(41,28(38)39)24-14-13-22-11-7-8-12-23(22)20-24/h7-8,11-14,18-20,41H,4-6,15-17H2,1-3H3,(H2,35,40). The molecule has 3 amide bonds. The maximum Gasteiger partial charge on any atom is 0.416 e. The molecule has 216 valence electrons. The van der Waals surface area contributed by atoms with Gasteiger partial charge in [-0.05, 0) is 54.5 Å². The summed E-state index contributed by atoms with van der Waals surface area (Å²) < 4.78 is 44.0. The average Bonchev–Trinajstić information content (AvgIpc) is 3.16. The number of rotatable bonds is 8. The smallest absolute Gasteiger partial charge is 0.372 e. The lowest BCUT2D eigenvalue weighted by atomic mass is 9.83. The van der Waals surface area contributed by atoms with E-state index in [2.05, 4.69) is 11.8 Å². The number of carbonyl (C=O) groups excluding carboxylic acids is 2. The molecule has 0 aliphatic carbocycles. The second-order valence-electron chi connectivity index (χ2n) is 9.83. The molecule has 0 aromatic heterocycles. The maximum atomic E-state index is 14.7. The Bertz CT molecular complexity index is 1520. The van der Waals surface area contributed by atoms with Crippen LogP contribution in [0.15, 0.2) is 54.6 Å². The highest BCUT2D eigenvalue weighted by Crippen LogP contribution is 2.50. The summed E-state index contributed by atoms with van der Waals surface area (Å²) in [4.78, 5) is 30.0. The van der Waals surface area contributed by atoms with Crippen LogP contribution >= 0.6 is 0 Å². The molecule has 1 atom stereocenters. The van der Waals surface area contributed by atoms with Gasteiger partial charge in [-0.1, -0.05) is 62.1 Å². The van der Waals surface area contributed by atoms with Gasteiger partial charge in [0.05, 0.1) is 17.8 Å². The summed E-state index contributed by atoms with van der Waals surface area (Å²) in [6.45, 7) is 7.67. The molecule has 3 aromatic rings. The topological polar surface area (TPSA) is 90.1 Å². The minimum Gasteiger partial charge on any atom is -0.372 e. The van der Waals surface area contributed by atoms with Gasteiger partial charge in [0.2, 0.25) is 0 Å². The van der Waals surface area contributed by atoms with Gasteiger partial charge in [-0.3, -0.25) is 4.79 Å². The largest absolute Gasteiger partial charge is 0.416 e. The zero-order valence-electron chi connectivity index (χ0n) is 23.3. The fourth-order valence-corrected chi connectivity index (χ4v) is 5.20. The number of hydrogen-bond donors (Lipinski definition) is 2. The lowest BCUT2D eigenvalue weighted by Crippen LogP contribution is -2.44. The third-order valence-electron chi connectivity index (χ3n) is 7.53. The first-order valence-electron chi connectivity index (χ1n) is 13.5. The van der Waals surface area contributed by atoms with Crippen LogP contribution in [0.2, 0.25) is 0 Å². The van der Waals surface area contributed by atoms with Gasteiger partial charge in [0, 0.05) is 30.8 Å². The Labute approximate surface area is 237 Å². The number of amides is 3. The fraction of sp³-hybridized carbons (Fsp3) is 0.355. The molecule has 0 bridgehead atoms. The number of halogens is 3. The van der Waals surface area contributed by atoms with E-state index in [-0.39, 0.29) is 36.4 Å². The minimum atomic E-state index is -4.90. The summed E-state index contributed by atoms with van der Waals surface area (Å²) in [7, 11) is 0. The third-order valence-corrected chi connectivity index (χ3v) is 7.53. The summed E-state index contributed by atoms with van der Waals surface area (Å²) in [5, 5.41) is 13.6. The van der Waals surface area contributed by atoms with Crippen molar-refractivity contribution in [1.29, 1.82) is 0 Å². The summed E-state index contributed by atoms with van der Waals surface area (Å²) in [6.07, 6.45) is -4.90. The summed E-state index contributed by atoms with van der Waals surface area (Å²) in [5.74, 6) is 4.54. The van der Waals surface area contributed by atoms with E-state index in [1.165, 1.54) is 21.9 Å². The molecule has 1 aliphatic heterocycles. The van der Waals surface area contributed by atoms with Crippen LogP contribution in [-0.4, -0.2) is 66.1 Å². The van der Waals surface area contributed by atoms with E-state index < -0.39 is 34.8 Å². The molecule has 0 spiro atoms. The van der Waals surface area contributed by atoms with E-state index in [9.17, 15) is 27.9 Å². The first-order chi connectivity index (χ1) is 19.4. The molecule has 0 fully saturated rings. The number of carbonyl (C=O) groups is 2. The second-order valence-corrected chi connectivity index (χ2v) is 9.83. The third kappa shape index (κ3) is 5.73. The first-order valence-corrected chi connectivity index (χ1v) is 13.5. The number of urea groups is 1. The number of benzene rings is 3. The number of hydrogen-bond acceptors (Lipinski definition) is 4. The van der Waals surface area contributed by atoms with E-state index >= 15 is 0 Å².